The van der Waals surface area contributed by atoms with E-state index in [1.807, 2.05) is 6.07 Å². The fourth-order valence-corrected chi connectivity index (χ4v) is 2.99. The number of hydrogen-bond acceptors (Lipinski definition) is 4. The highest BCUT2D eigenvalue weighted by Gasteiger charge is 2.05. The fraction of sp³-hybridized carbons (Fsp3) is 0.400. The summed E-state index contributed by atoms with van der Waals surface area (Å²) in [5.41, 5.74) is 5.04. The van der Waals surface area contributed by atoms with Gasteiger partial charge in [-0.1, -0.05) is 23.8 Å². The molecule has 1 heterocycles. The molecule has 1 aliphatic carbocycles. The highest BCUT2D eigenvalue weighted by Crippen LogP contribution is 2.21. The van der Waals surface area contributed by atoms with Crippen LogP contribution in [0.5, 0.6) is 0 Å². The Balaban J connectivity index is 1.59. The minimum Gasteiger partial charge on any atom is -0.370 e. The number of nitrogens with one attached hydrogen (secondary N) is 2. The van der Waals surface area contributed by atoms with Gasteiger partial charge in [0.25, 0.3) is 0 Å². The highest BCUT2D eigenvalue weighted by atomic mass is 15.1. The number of anilines is 3. The maximum atomic E-state index is 4.57. The number of nitrogens with zero attached hydrogens (tertiary/aromatic N) is 2. The second-order valence-electron chi connectivity index (χ2n) is 6.49. The fourth-order valence-electron chi connectivity index (χ4n) is 2.99. The molecule has 0 spiro atoms. The number of allylic oxidation sites excluding steroid dienone is 1. The van der Waals surface area contributed by atoms with E-state index in [1.165, 1.54) is 36.8 Å². The second-order valence-corrected chi connectivity index (χ2v) is 6.49. The van der Waals surface area contributed by atoms with Crippen molar-refractivity contribution >= 4 is 17.5 Å². The maximum Gasteiger partial charge on any atom is 0.229 e. The van der Waals surface area contributed by atoms with Crippen molar-refractivity contribution in [2.45, 2.75) is 46.0 Å². The molecule has 3 rings (SSSR count). The molecule has 0 unspecified atom stereocenters. The van der Waals surface area contributed by atoms with Gasteiger partial charge in [-0.05, 0) is 69.2 Å². The number of aromatic nitrogens is 2. The van der Waals surface area contributed by atoms with Crippen molar-refractivity contribution in [2.75, 3.05) is 17.2 Å². The molecule has 0 amide bonds. The zero-order valence-corrected chi connectivity index (χ0v) is 14.6. The third kappa shape index (κ3) is 4.57. The summed E-state index contributed by atoms with van der Waals surface area (Å²) in [6.45, 7) is 5.09. The van der Waals surface area contributed by atoms with Gasteiger partial charge in [-0.3, -0.25) is 0 Å². The van der Waals surface area contributed by atoms with Crippen LogP contribution in [-0.4, -0.2) is 16.5 Å². The van der Waals surface area contributed by atoms with Crippen LogP contribution in [0.25, 0.3) is 0 Å². The number of benzene rings is 1. The average molecular weight is 322 g/mol. The molecule has 0 aliphatic heterocycles. The lowest BCUT2D eigenvalue weighted by atomic mass is 9.97. The molecule has 0 bridgehead atoms. The topological polar surface area (TPSA) is 49.8 Å². The van der Waals surface area contributed by atoms with Crippen LogP contribution < -0.4 is 10.6 Å². The van der Waals surface area contributed by atoms with Crippen molar-refractivity contribution in [3.63, 3.8) is 0 Å². The Morgan fingerprint density at radius 2 is 2.04 bits per heavy atom. The summed E-state index contributed by atoms with van der Waals surface area (Å²) in [7, 11) is 0. The summed E-state index contributed by atoms with van der Waals surface area (Å²) in [6, 6.07) is 8.26. The van der Waals surface area contributed by atoms with Gasteiger partial charge in [-0.15, -0.1) is 0 Å². The smallest absolute Gasteiger partial charge is 0.229 e. The lowest BCUT2D eigenvalue weighted by Crippen LogP contribution is -2.07. The van der Waals surface area contributed by atoms with Crippen LogP contribution >= 0.6 is 0 Å². The lowest BCUT2D eigenvalue weighted by Gasteiger charge is -2.13. The van der Waals surface area contributed by atoms with Crippen molar-refractivity contribution in [2.24, 2.45) is 0 Å². The van der Waals surface area contributed by atoms with E-state index in [0.29, 0.717) is 5.95 Å². The molecule has 2 N–H and O–H groups in total. The largest absolute Gasteiger partial charge is 0.370 e. The van der Waals surface area contributed by atoms with E-state index in [9.17, 15) is 0 Å². The molecule has 1 aromatic heterocycles. The van der Waals surface area contributed by atoms with Gasteiger partial charge in [0.2, 0.25) is 5.95 Å². The molecular formula is C20H26N4. The van der Waals surface area contributed by atoms with Crippen molar-refractivity contribution < 1.29 is 0 Å². The minimum absolute atomic E-state index is 0.630. The molecule has 4 nitrogen and oxygen atoms in total. The van der Waals surface area contributed by atoms with Gasteiger partial charge < -0.3 is 10.6 Å². The molecule has 4 heteroatoms. The molecule has 0 saturated heterocycles. The molecule has 0 atom stereocenters. The van der Waals surface area contributed by atoms with E-state index in [-0.39, 0.29) is 0 Å². The molecular weight excluding hydrogens is 296 g/mol. The highest BCUT2D eigenvalue weighted by molar-refractivity contribution is 5.60. The summed E-state index contributed by atoms with van der Waals surface area (Å²) >= 11 is 0. The zero-order chi connectivity index (χ0) is 16.8. The van der Waals surface area contributed by atoms with Crippen LogP contribution in [0, 0.1) is 13.8 Å². The van der Waals surface area contributed by atoms with Gasteiger partial charge in [-0.2, -0.15) is 4.98 Å². The van der Waals surface area contributed by atoms with Crippen LogP contribution in [-0.2, 0) is 0 Å². The molecule has 0 saturated carbocycles. The first-order chi connectivity index (χ1) is 11.7. The first kappa shape index (κ1) is 16.5. The Morgan fingerprint density at radius 3 is 2.88 bits per heavy atom. The molecule has 0 radical (unpaired) electrons. The summed E-state index contributed by atoms with van der Waals surface area (Å²) < 4.78 is 0. The van der Waals surface area contributed by atoms with Crippen LogP contribution in [0.4, 0.5) is 17.5 Å². The summed E-state index contributed by atoms with van der Waals surface area (Å²) in [5, 5.41) is 6.73. The monoisotopic (exact) mass is 322 g/mol. The predicted octanol–water partition coefficient (Wildman–Crippen LogP) is 5.14. The van der Waals surface area contributed by atoms with E-state index in [4.69, 9.17) is 0 Å². The van der Waals surface area contributed by atoms with E-state index in [1.54, 1.807) is 11.8 Å². The van der Waals surface area contributed by atoms with Gasteiger partial charge in [-0.25, -0.2) is 4.98 Å². The summed E-state index contributed by atoms with van der Waals surface area (Å²) in [6.07, 6.45) is 10.5. The Morgan fingerprint density at radius 1 is 1.12 bits per heavy atom. The van der Waals surface area contributed by atoms with Crippen molar-refractivity contribution in [1.82, 2.24) is 9.97 Å². The molecule has 24 heavy (non-hydrogen) atoms. The summed E-state index contributed by atoms with van der Waals surface area (Å²) in [4.78, 5) is 8.90. The normalized spacial score (nSPS) is 14.2. The third-order valence-corrected chi connectivity index (χ3v) is 4.43. The number of aryl methyl sites for hydroxylation is 2. The molecule has 1 aliphatic rings. The second kappa shape index (κ2) is 7.95. The minimum atomic E-state index is 0.630. The Hall–Kier alpha value is -2.36. The van der Waals surface area contributed by atoms with Crippen LogP contribution in [0.1, 0.15) is 43.2 Å². The first-order valence-electron chi connectivity index (χ1n) is 8.80. The Bertz CT molecular complexity index is 721. The molecule has 0 fully saturated rings. The summed E-state index contributed by atoms with van der Waals surface area (Å²) in [5.74, 6) is 1.50. The molecule has 1 aromatic carbocycles. The molecule has 126 valence electrons. The molecule has 2 aromatic rings. The van der Waals surface area contributed by atoms with E-state index >= 15 is 0 Å². The van der Waals surface area contributed by atoms with E-state index < -0.39 is 0 Å². The standard InChI is InChI=1S/C20H26N4/c1-15-8-9-16(2)18(14-15)23-20-22-13-11-19(24-20)21-12-10-17-6-4-3-5-7-17/h6,8-9,11,13-14H,3-5,7,10,12H2,1-2H3,(H2,21,22,23,24). The number of hydrogen-bond donors (Lipinski definition) is 2. The van der Waals surface area contributed by atoms with Crippen LogP contribution in [0.2, 0.25) is 0 Å². The van der Waals surface area contributed by atoms with Crippen molar-refractivity contribution in [1.29, 1.82) is 0 Å². The van der Waals surface area contributed by atoms with Crippen molar-refractivity contribution in [3.8, 4) is 0 Å². The van der Waals surface area contributed by atoms with Crippen molar-refractivity contribution in [3.05, 3.63) is 53.2 Å². The van der Waals surface area contributed by atoms with Gasteiger partial charge in [0, 0.05) is 18.4 Å². The van der Waals surface area contributed by atoms with E-state index in [2.05, 4.69) is 58.7 Å². The maximum absolute atomic E-state index is 4.57. The van der Waals surface area contributed by atoms with Crippen LogP contribution in [0.15, 0.2) is 42.1 Å². The third-order valence-electron chi connectivity index (χ3n) is 4.43. The van der Waals surface area contributed by atoms with Gasteiger partial charge in [0.05, 0.1) is 0 Å². The van der Waals surface area contributed by atoms with Gasteiger partial charge in [0.1, 0.15) is 5.82 Å². The lowest BCUT2D eigenvalue weighted by molar-refractivity contribution is 0.679. The SMILES string of the molecule is Cc1ccc(C)c(Nc2nccc(NCCC3=CCCCC3)n2)c1. The zero-order valence-electron chi connectivity index (χ0n) is 14.6. The van der Waals surface area contributed by atoms with Gasteiger partial charge >= 0.3 is 0 Å². The Labute approximate surface area is 144 Å². The first-order valence-corrected chi connectivity index (χ1v) is 8.80. The predicted molar refractivity (Wildman–Crippen MR) is 101 cm³/mol. The Kier molecular flexibility index (Phi) is 5.47. The number of rotatable bonds is 6. The average Bonchev–Trinajstić information content (AvgIpc) is 2.60. The van der Waals surface area contributed by atoms with Gasteiger partial charge in [0.15, 0.2) is 0 Å². The van der Waals surface area contributed by atoms with E-state index in [0.717, 1.165) is 24.5 Å². The quantitative estimate of drug-likeness (QED) is 0.723. The van der Waals surface area contributed by atoms with Crippen LogP contribution in [0.3, 0.4) is 0 Å².